The number of nitrogens with one attached hydrogen (secondary N) is 1. The molecule has 1 aliphatic rings. The van der Waals surface area contributed by atoms with E-state index < -0.39 is 0 Å². The van der Waals surface area contributed by atoms with Crippen molar-refractivity contribution >= 4 is 17.4 Å². The number of urea groups is 1. The fourth-order valence-corrected chi connectivity index (χ4v) is 3.67. The van der Waals surface area contributed by atoms with Crippen molar-refractivity contribution in [2.45, 2.75) is 19.5 Å². The predicted molar refractivity (Wildman–Crippen MR) is 92.0 cm³/mol. The van der Waals surface area contributed by atoms with Crippen molar-refractivity contribution in [3.63, 3.8) is 0 Å². The van der Waals surface area contributed by atoms with Gasteiger partial charge in [0.15, 0.2) is 0 Å². The van der Waals surface area contributed by atoms with Crippen molar-refractivity contribution < 1.29 is 4.79 Å². The number of aromatic nitrogens is 3. The van der Waals surface area contributed by atoms with Crippen molar-refractivity contribution in [2.24, 2.45) is 0 Å². The molecule has 0 aliphatic carbocycles. The lowest BCUT2D eigenvalue weighted by molar-refractivity contribution is 0.192. The fourth-order valence-electron chi connectivity index (χ4n) is 2.78. The van der Waals surface area contributed by atoms with Crippen molar-refractivity contribution in [1.29, 1.82) is 0 Å². The lowest BCUT2D eigenvalue weighted by atomic mass is 10.1. The maximum atomic E-state index is 12.3. The van der Waals surface area contributed by atoms with E-state index in [0.717, 1.165) is 24.3 Å². The normalized spacial score (nSPS) is 13.6. The Labute approximate surface area is 143 Å². The third kappa shape index (κ3) is 3.03. The van der Waals surface area contributed by atoms with Gasteiger partial charge in [0.25, 0.3) is 0 Å². The SMILES string of the molecule is O=C(NCc1ccc(-n2ccnc2)nc1)N1CCc2sccc2C1. The highest BCUT2D eigenvalue weighted by atomic mass is 32.1. The van der Waals surface area contributed by atoms with Gasteiger partial charge in [0.2, 0.25) is 0 Å². The Balaban J connectivity index is 1.34. The summed E-state index contributed by atoms with van der Waals surface area (Å²) in [7, 11) is 0. The lowest BCUT2D eigenvalue weighted by Gasteiger charge is -2.27. The lowest BCUT2D eigenvalue weighted by Crippen LogP contribution is -2.42. The zero-order chi connectivity index (χ0) is 16.4. The molecule has 0 atom stereocenters. The number of amides is 2. The molecule has 3 aromatic heterocycles. The van der Waals surface area contributed by atoms with Gasteiger partial charge in [-0.1, -0.05) is 6.07 Å². The average molecular weight is 339 g/mol. The first kappa shape index (κ1) is 14.9. The molecule has 6 nitrogen and oxygen atoms in total. The number of rotatable bonds is 3. The number of nitrogens with zero attached hydrogens (tertiary/aromatic N) is 4. The van der Waals surface area contributed by atoms with E-state index in [9.17, 15) is 4.79 Å². The standard InChI is InChI=1S/C17H17N5OS/c23-17(21-6-3-15-14(11-21)4-8-24-15)20-10-13-1-2-16(19-9-13)22-7-5-18-12-22/h1-2,4-5,7-9,12H,3,6,10-11H2,(H,20,23). The van der Waals surface area contributed by atoms with Crippen molar-refractivity contribution in [1.82, 2.24) is 24.8 Å². The van der Waals surface area contributed by atoms with E-state index in [-0.39, 0.29) is 6.03 Å². The van der Waals surface area contributed by atoms with E-state index in [4.69, 9.17) is 0 Å². The third-order valence-corrected chi connectivity index (χ3v) is 5.14. The van der Waals surface area contributed by atoms with E-state index in [0.29, 0.717) is 13.1 Å². The quantitative estimate of drug-likeness (QED) is 0.798. The molecule has 4 heterocycles. The number of pyridine rings is 1. The summed E-state index contributed by atoms with van der Waals surface area (Å²) in [6.45, 7) is 1.95. The Hall–Kier alpha value is -2.67. The first-order chi connectivity index (χ1) is 11.8. The van der Waals surface area contributed by atoms with Crippen LogP contribution in [-0.2, 0) is 19.5 Å². The van der Waals surface area contributed by atoms with Crippen LogP contribution >= 0.6 is 11.3 Å². The highest BCUT2D eigenvalue weighted by Gasteiger charge is 2.21. The summed E-state index contributed by atoms with van der Waals surface area (Å²) in [6, 6.07) is 5.97. The number of hydrogen-bond donors (Lipinski definition) is 1. The monoisotopic (exact) mass is 339 g/mol. The molecule has 2 amide bonds. The van der Waals surface area contributed by atoms with E-state index in [1.54, 1.807) is 30.1 Å². The van der Waals surface area contributed by atoms with Crippen LogP contribution < -0.4 is 5.32 Å². The molecule has 7 heteroatoms. The van der Waals surface area contributed by atoms with Gasteiger partial charge in [0.05, 0.1) is 0 Å². The summed E-state index contributed by atoms with van der Waals surface area (Å²) in [5.74, 6) is 0.809. The van der Waals surface area contributed by atoms with E-state index in [1.165, 1.54) is 10.4 Å². The molecule has 122 valence electrons. The minimum atomic E-state index is -0.0227. The van der Waals surface area contributed by atoms with E-state index in [2.05, 4.69) is 26.7 Å². The van der Waals surface area contributed by atoms with Crippen LogP contribution in [0.4, 0.5) is 4.79 Å². The molecule has 3 aromatic rings. The Morgan fingerprint density at radius 3 is 3.08 bits per heavy atom. The van der Waals surface area contributed by atoms with Gasteiger partial charge in [-0.2, -0.15) is 0 Å². The molecule has 1 N–H and O–H groups in total. The maximum Gasteiger partial charge on any atom is 0.317 e. The summed E-state index contributed by atoms with van der Waals surface area (Å²) in [5, 5.41) is 5.07. The van der Waals surface area contributed by atoms with Crippen molar-refractivity contribution in [2.75, 3.05) is 6.54 Å². The summed E-state index contributed by atoms with van der Waals surface area (Å²) in [6.07, 6.45) is 8.00. The molecule has 0 spiro atoms. The number of hydrogen-bond acceptors (Lipinski definition) is 4. The van der Waals surface area contributed by atoms with Gasteiger partial charge in [-0.25, -0.2) is 14.8 Å². The maximum absolute atomic E-state index is 12.3. The largest absolute Gasteiger partial charge is 0.334 e. The molecule has 0 bridgehead atoms. The molecule has 24 heavy (non-hydrogen) atoms. The molecule has 0 saturated heterocycles. The zero-order valence-corrected chi connectivity index (χ0v) is 13.9. The summed E-state index contributed by atoms with van der Waals surface area (Å²) in [5.41, 5.74) is 2.24. The highest BCUT2D eigenvalue weighted by Crippen LogP contribution is 2.23. The van der Waals surface area contributed by atoms with Crippen LogP contribution in [-0.4, -0.2) is 32.0 Å². The predicted octanol–water partition coefficient (Wildman–Crippen LogP) is 2.60. The van der Waals surface area contributed by atoms with Crippen LogP contribution in [0.25, 0.3) is 5.82 Å². The summed E-state index contributed by atoms with van der Waals surface area (Å²) < 4.78 is 1.84. The summed E-state index contributed by atoms with van der Waals surface area (Å²) in [4.78, 5) is 24.0. The number of imidazole rings is 1. The van der Waals surface area contributed by atoms with Gasteiger partial charge in [0, 0.05) is 43.1 Å². The average Bonchev–Trinajstić information content (AvgIpc) is 3.30. The Morgan fingerprint density at radius 2 is 2.29 bits per heavy atom. The van der Waals surface area contributed by atoms with Crippen LogP contribution in [0.3, 0.4) is 0 Å². The molecular weight excluding hydrogens is 322 g/mol. The number of fused-ring (bicyclic) bond motifs is 1. The minimum absolute atomic E-state index is 0.0227. The molecule has 0 unspecified atom stereocenters. The Morgan fingerprint density at radius 1 is 1.33 bits per heavy atom. The van der Waals surface area contributed by atoms with Gasteiger partial charge < -0.3 is 10.2 Å². The Kier molecular flexibility index (Phi) is 4.00. The van der Waals surface area contributed by atoms with Crippen LogP contribution in [0.1, 0.15) is 16.0 Å². The second-order valence-corrected chi connectivity index (χ2v) is 6.69. The molecule has 0 radical (unpaired) electrons. The Bertz CT molecular complexity index is 825. The van der Waals surface area contributed by atoms with E-state index >= 15 is 0 Å². The van der Waals surface area contributed by atoms with Gasteiger partial charge in [0.1, 0.15) is 12.1 Å². The zero-order valence-electron chi connectivity index (χ0n) is 13.1. The molecular formula is C17H17N5OS. The second-order valence-electron chi connectivity index (χ2n) is 5.69. The van der Waals surface area contributed by atoms with Crippen LogP contribution in [0.5, 0.6) is 0 Å². The van der Waals surface area contributed by atoms with Gasteiger partial charge in [-0.15, -0.1) is 11.3 Å². The highest BCUT2D eigenvalue weighted by molar-refractivity contribution is 7.10. The first-order valence-electron chi connectivity index (χ1n) is 7.81. The van der Waals surface area contributed by atoms with Crippen LogP contribution in [0.2, 0.25) is 0 Å². The van der Waals surface area contributed by atoms with E-state index in [1.807, 2.05) is 27.8 Å². The van der Waals surface area contributed by atoms with Crippen LogP contribution in [0.15, 0.2) is 48.5 Å². The minimum Gasteiger partial charge on any atom is -0.334 e. The first-order valence-corrected chi connectivity index (χ1v) is 8.69. The number of carbonyl (C=O) groups excluding carboxylic acids is 1. The summed E-state index contributed by atoms with van der Waals surface area (Å²) >= 11 is 1.78. The second kappa shape index (κ2) is 6.45. The van der Waals surface area contributed by atoms with Gasteiger partial charge in [-0.3, -0.25) is 4.57 Å². The fraction of sp³-hybridized carbons (Fsp3) is 0.235. The van der Waals surface area contributed by atoms with Crippen molar-refractivity contribution in [3.05, 3.63) is 64.5 Å². The smallest absolute Gasteiger partial charge is 0.317 e. The van der Waals surface area contributed by atoms with Crippen molar-refractivity contribution in [3.8, 4) is 5.82 Å². The van der Waals surface area contributed by atoms with Crippen LogP contribution in [0, 0.1) is 0 Å². The third-order valence-electron chi connectivity index (χ3n) is 4.12. The molecule has 1 aliphatic heterocycles. The molecule has 0 aromatic carbocycles. The number of carbonyl (C=O) groups is 1. The molecule has 4 rings (SSSR count). The topological polar surface area (TPSA) is 63.1 Å². The molecule has 0 saturated carbocycles. The van der Waals surface area contributed by atoms with Gasteiger partial charge >= 0.3 is 6.03 Å². The van der Waals surface area contributed by atoms with Gasteiger partial charge in [-0.05, 0) is 35.1 Å². The number of thiophene rings is 1. The molecule has 0 fully saturated rings.